The van der Waals surface area contributed by atoms with Crippen LogP contribution in [0.1, 0.15) is 11.1 Å². The van der Waals surface area contributed by atoms with E-state index < -0.39 is 6.36 Å². The summed E-state index contributed by atoms with van der Waals surface area (Å²) in [6.07, 6.45) is 2.17. The standard InChI is InChI=1S/C19H15F3N6O/c20-19(21,22)29-14-3-1-13(2-4-14)27-17-15-10-24-6-5-11(15)7-16(28-17)12-8-25-18(23)26-9-12/h1-9,24H,10H2,(H,27,28)(H2,23,25,26). The van der Waals surface area contributed by atoms with Crippen molar-refractivity contribution >= 4 is 23.5 Å². The fourth-order valence-corrected chi connectivity index (χ4v) is 2.83. The molecule has 7 nitrogen and oxygen atoms in total. The number of alkyl halides is 3. The third-order valence-corrected chi connectivity index (χ3v) is 4.14. The Labute approximate surface area is 163 Å². The lowest BCUT2D eigenvalue weighted by Gasteiger charge is -2.19. The van der Waals surface area contributed by atoms with E-state index in [1.807, 2.05) is 18.3 Å². The molecule has 0 saturated heterocycles. The van der Waals surface area contributed by atoms with Crippen LogP contribution in [0.3, 0.4) is 0 Å². The number of nitrogens with two attached hydrogens (primary N) is 1. The Morgan fingerprint density at radius 2 is 1.83 bits per heavy atom. The topological polar surface area (TPSA) is 98.0 Å². The Morgan fingerprint density at radius 3 is 2.52 bits per heavy atom. The SMILES string of the molecule is Nc1ncc(-c2cc3c(c(Nc4ccc(OC(F)(F)F)cc4)n2)CNC=C3)cn1. The van der Waals surface area contributed by atoms with Crippen LogP contribution in [0.4, 0.5) is 30.6 Å². The Hall–Kier alpha value is -3.82. The Morgan fingerprint density at radius 1 is 1.10 bits per heavy atom. The van der Waals surface area contributed by atoms with Crippen molar-refractivity contribution in [2.24, 2.45) is 0 Å². The molecule has 0 saturated carbocycles. The van der Waals surface area contributed by atoms with Crippen molar-refractivity contribution in [1.29, 1.82) is 0 Å². The summed E-state index contributed by atoms with van der Waals surface area (Å²) in [5.41, 5.74) is 9.30. The van der Waals surface area contributed by atoms with Crippen LogP contribution >= 0.6 is 0 Å². The number of nitrogens with one attached hydrogen (secondary N) is 2. The molecule has 29 heavy (non-hydrogen) atoms. The van der Waals surface area contributed by atoms with E-state index >= 15 is 0 Å². The second kappa shape index (κ2) is 7.30. The van der Waals surface area contributed by atoms with Crippen molar-refractivity contribution in [3.05, 3.63) is 60.1 Å². The smallest absolute Gasteiger partial charge is 0.406 e. The molecule has 0 unspecified atom stereocenters. The zero-order chi connectivity index (χ0) is 20.4. The average Bonchev–Trinajstić information content (AvgIpc) is 2.69. The van der Waals surface area contributed by atoms with Crippen molar-refractivity contribution in [3.63, 3.8) is 0 Å². The van der Waals surface area contributed by atoms with Crippen molar-refractivity contribution in [2.45, 2.75) is 12.9 Å². The van der Waals surface area contributed by atoms with E-state index in [9.17, 15) is 13.2 Å². The molecule has 4 rings (SSSR count). The average molecular weight is 400 g/mol. The molecule has 4 N–H and O–H groups in total. The minimum Gasteiger partial charge on any atom is -0.406 e. The van der Waals surface area contributed by atoms with E-state index in [0.717, 1.165) is 11.1 Å². The number of benzene rings is 1. The maximum Gasteiger partial charge on any atom is 0.573 e. The lowest BCUT2D eigenvalue weighted by atomic mass is 10.0. The Kier molecular flexibility index (Phi) is 4.67. The van der Waals surface area contributed by atoms with E-state index in [1.54, 1.807) is 12.4 Å². The number of rotatable bonds is 4. The fourth-order valence-electron chi connectivity index (χ4n) is 2.83. The molecule has 148 valence electrons. The first-order valence-electron chi connectivity index (χ1n) is 8.52. The first-order chi connectivity index (χ1) is 13.9. The highest BCUT2D eigenvalue weighted by molar-refractivity contribution is 5.73. The van der Waals surface area contributed by atoms with Crippen molar-refractivity contribution in [2.75, 3.05) is 11.1 Å². The van der Waals surface area contributed by atoms with Gasteiger partial charge in [0.25, 0.3) is 0 Å². The molecule has 10 heteroatoms. The van der Waals surface area contributed by atoms with Gasteiger partial charge in [0.05, 0.1) is 5.69 Å². The van der Waals surface area contributed by atoms with Crippen LogP contribution in [0.5, 0.6) is 5.75 Å². The van der Waals surface area contributed by atoms with Crippen molar-refractivity contribution < 1.29 is 17.9 Å². The summed E-state index contributed by atoms with van der Waals surface area (Å²) < 4.78 is 40.9. The summed E-state index contributed by atoms with van der Waals surface area (Å²) in [5.74, 6) is 0.432. The van der Waals surface area contributed by atoms with Gasteiger partial charge in [0.1, 0.15) is 11.6 Å². The summed E-state index contributed by atoms with van der Waals surface area (Å²) in [4.78, 5) is 12.6. The number of anilines is 3. The number of hydrogen-bond donors (Lipinski definition) is 3. The third kappa shape index (κ3) is 4.37. The molecule has 0 fully saturated rings. The molecule has 0 radical (unpaired) electrons. The van der Waals surface area contributed by atoms with Crippen LogP contribution < -0.4 is 21.1 Å². The molecule has 3 heterocycles. The predicted molar refractivity (Wildman–Crippen MR) is 102 cm³/mol. The van der Waals surface area contributed by atoms with Gasteiger partial charge in [0.15, 0.2) is 0 Å². The highest BCUT2D eigenvalue weighted by atomic mass is 19.4. The molecule has 0 amide bonds. The highest BCUT2D eigenvalue weighted by Crippen LogP contribution is 2.31. The molecule has 2 aromatic heterocycles. The number of ether oxygens (including phenoxy) is 1. The summed E-state index contributed by atoms with van der Waals surface area (Å²) in [5, 5.41) is 6.28. The van der Waals surface area contributed by atoms with E-state index in [4.69, 9.17) is 5.73 Å². The number of fused-ring (bicyclic) bond motifs is 1. The lowest BCUT2D eigenvalue weighted by Crippen LogP contribution is -2.17. The zero-order valence-corrected chi connectivity index (χ0v) is 14.9. The largest absolute Gasteiger partial charge is 0.573 e. The number of nitrogen functional groups attached to an aromatic ring is 1. The first-order valence-corrected chi connectivity index (χ1v) is 8.52. The van der Waals surface area contributed by atoms with Crippen LogP contribution in [0.2, 0.25) is 0 Å². The number of nitrogens with zero attached hydrogens (tertiary/aromatic N) is 3. The minimum absolute atomic E-state index is 0.162. The van der Waals surface area contributed by atoms with E-state index in [0.29, 0.717) is 29.3 Å². The van der Waals surface area contributed by atoms with Gasteiger partial charge in [0.2, 0.25) is 5.95 Å². The van der Waals surface area contributed by atoms with Gasteiger partial charge in [0, 0.05) is 35.8 Å². The lowest BCUT2D eigenvalue weighted by molar-refractivity contribution is -0.274. The summed E-state index contributed by atoms with van der Waals surface area (Å²) in [6.45, 7) is 0.551. The molecule has 0 spiro atoms. The van der Waals surface area contributed by atoms with Gasteiger partial charge in [-0.2, -0.15) is 0 Å². The van der Waals surface area contributed by atoms with E-state index in [2.05, 4.69) is 30.3 Å². The highest BCUT2D eigenvalue weighted by Gasteiger charge is 2.31. The third-order valence-electron chi connectivity index (χ3n) is 4.14. The van der Waals surface area contributed by atoms with Crippen molar-refractivity contribution in [3.8, 4) is 17.0 Å². The zero-order valence-electron chi connectivity index (χ0n) is 14.9. The number of halogens is 3. The van der Waals surface area contributed by atoms with Gasteiger partial charge in [-0.3, -0.25) is 0 Å². The summed E-state index contributed by atoms with van der Waals surface area (Å²) in [6, 6.07) is 7.35. The van der Waals surface area contributed by atoms with Gasteiger partial charge in [-0.1, -0.05) is 0 Å². The second-order valence-electron chi connectivity index (χ2n) is 6.17. The van der Waals surface area contributed by atoms with Crippen molar-refractivity contribution in [1.82, 2.24) is 20.3 Å². The predicted octanol–water partition coefficient (Wildman–Crippen LogP) is 3.84. The summed E-state index contributed by atoms with van der Waals surface area (Å²) in [7, 11) is 0. The number of hydrogen-bond acceptors (Lipinski definition) is 7. The Balaban J connectivity index is 1.66. The molecule has 0 bridgehead atoms. The van der Waals surface area contributed by atoms with Crippen LogP contribution in [0, 0.1) is 0 Å². The normalized spacial score (nSPS) is 12.8. The van der Waals surface area contributed by atoms with E-state index in [-0.39, 0.29) is 11.7 Å². The van der Waals surface area contributed by atoms with Gasteiger partial charge in [-0.05, 0) is 48.2 Å². The number of pyridine rings is 1. The maximum atomic E-state index is 12.3. The van der Waals surface area contributed by atoms with Crippen LogP contribution in [-0.2, 0) is 6.54 Å². The molecule has 1 aromatic carbocycles. The van der Waals surface area contributed by atoms with Crippen LogP contribution in [0.15, 0.2) is 48.9 Å². The Bertz CT molecular complexity index is 1050. The minimum atomic E-state index is -4.73. The molecular weight excluding hydrogens is 385 g/mol. The molecule has 0 atom stereocenters. The molecule has 1 aliphatic rings. The monoisotopic (exact) mass is 400 g/mol. The van der Waals surface area contributed by atoms with Gasteiger partial charge >= 0.3 is 6.36 Å². The quantitative estimate of drug-likeness (QED) is 0.612. The summed E-state index contributed by atoms with van der Waals surface area (Å²) >= 11 is 0. The van der Waals surface area contributed by atoms with Gasteiger partial charge in [-0.25, -0.2) is 15.0 Å². The van der Waals surface area contributed by atoms with Gasteiger partial charge in [-0.15, -0.1) is 13.2 Å². The van der Waals surface area contributed by atoms with Crippen LogP contribution in [0.25, 0.3) is 17.3 Å². The fraction of sp³-hybridized carbons (Fsp3) is 0.105. The number of aromatic nitrogens is 3. The second-order valence-corrected chi connectivity index (χ2v) is 6.17. The molecular formula is C19H15F3N6O. The molecule has 0 aliphatic carbocycles. The molecule has 3 aromatic rings. The van der Waals surface area contributed by atoms with Gasteiger partial charge < -0.3 is 21.1 Å². The van der Waals surface area contributed by atoms with Crippen LogP contribution in [-0.4, -0.2) is 21.3 Å². The molecule has 1 aliphatic heterocycles. The van der Waals surface area contributed by atoms with E-state index in [1.165, 1.54) is 24.3 Å². The maximum absolute atomic E-state index is 12.3. The first kappa shape index (κ1) is 18.5.